The van der Waals surface area contributed by atoms with Gasteiger partial charge in [-0.3, -0.25) is 4.98 Å². The minimum atomic E-state index is 0.239. The maximum Gasteiger partial charge on any atom is 0.229 e. The summed E-state index contributed by atoms with van der Waals surface area (Å²) in [6.45, 7) is 4.71. The Hall–Kier alpha value is -2.76. The first kappa shape index (κ1) is 16.1. The number of hydrogen-bond donors (Lipinski definition) is 1. The molecule has 0 atom stereocenters. The van der Waals surface area contributed by atoms with Gasteiger partial charge in [0.05, 0.1) is 12.2 Å². The van der Waals surface area contributed by atoms with E-state index in [-0.39, 0.29) is 5.92 Å². The SMILES string of the molecule is CC(C)c1nc(NCc2nccc3ccccc23)nc(N(C)C)n1. The van der Waals surface area contributed by atoms with Crippen LogP contribution in [-0.2, 0) is 6.54 Å². The topological polar surface area (TPSA) is 66.8 Å². The minimum absolute atomic E-state index is 0.239. The Morgan fingerprint density at radius 3 is 2.58 bits per heavy atom. The summed E-state index contributed by atoms with van der Waals surface area (Å²) in [6.07, 6.45) is 1.83. The first-order chi connectivity index (χ1) is 11.5. The summed E-state index contributed by atoms with van der Waals surface area (Å²) in [4.78, 5) is 19.9. The molecule has 1 N–H and O–H groups in total. The van der Waals surface area contributed by atoms with Gasteiger partial charge in [0, 0.05) is 31.6 Å². The number of fused-ring (bicyclic) bond motifs is 1. The zero-order valence-electron chi connectivity index (χ0n) is 14.5. The molecule has 0 saturated heterocycles. The van der Waals surface area contributed by atoms with E-state index in [1.54, 1.807) is 0 Å². The molecule has 0 bridgehead atoms. The van der Waals surface area contributed by atoms with Gasteiger partial charge in [0.15, 0.2) is 0 Å². The normalized spacial score (nSPS) is 11.0. The number of hydrogen-bond acceptors (Lipinski definition) is 6. The molecule has 24 heavy (non-hydrogen) atoms. The van der Waals surface area contributed by atoms with E-state index in [1.807, 2.05) is 43.4 Å². The third-order valence-electron chi connectivity index (χ3n) is 3.73. The molecule has 6 nitrogen and oxygen atoms in total. The fourth-order valence-electron chi connectivity index (χ4n) is 2.40. The highest BCUT2D eigenvalue weighted by Gasteiger charge is 2.11. The van der Waals surface area contributed by atoms with E-state index in [0.29, 0.717) is 18.4 Å². The number of nitrogens with zero attached hydrogens (tertiary/aromatic N) is 5. The van der Waals surface area contributed by atoms with Gasteiger partial charge < -0.3 is 10.2 Å². The Morgan fingerprint density at radius 2 is 1.83 bits per heavy atom. The van der Waals surface area contributed by atoms with Crippen LogP contribution in [0.15, 0.2) is 36.5 Å². The Balaban J connectivity index is 1.88. The fourth-order valence-corrected chi connectivity index (χ4v) is 2.40. The Labute approximate surface area is 142 Å². The monoisotopic (exact) mass is 322 g/mol. The molecule has 0 aliphatic heterocycles. The predicted molar refractivity (Wildman–Crippen MR) is 97.3 cm³/mol. The maximum atomic E-state index is 4.52. The van der Waals surface area contributed by atoms with Crippen molar-refractivity contribution in [2.75, 3.05) is 24.3 Å². The van der Waals surface area contributed by atoms with Gasteiger partial charge in [0.1, 0.15) is 5.82 Å². The standard InChI is InChI=1S/C18H22N6/c1-12(2)16-21-17(23-18(22-16)24(3)4)20-11-15-14-8-6-5-7-13(14)9-10-19-15/h5-10,12H,11H2,1-4H3,(H,20,21,22,23). The molecule has 0 aliphatic carbocycles. The highest BCUT2D eigenvalue weighted by atomic mass is 15.3. The summed E-state index contributed by atoms with van der Waals surface area (Å²) in [5, 5.41) is 5.61. The Bertz CT molecular complexity index is 812. The van der Waals surface area contributed by atoms with Gasteiger partial charge in [0.2, 0.25) is 11.9 Å². The van der Waals surface area contributed by atoms with Crippen molar-refractivity contribution in [3.05, 3.63) is 48.0 Å². The summed E-state index contributed by atoms with van der Waals surface area (Å²) >= 11 is 0. The van der Waals surface area contributed by atoms with Crippen molar-refractivity contribution in [2.24, 2.45) is 0 Å². The summed E-state index contributed by atoms with van der Waals surface area (Å²) in [5.74, 6) is 2.25. The molecule has 0 spiro atoms. The van der Waals surface area contributed by atoms with Crippen LogP contribution in [0, 0.1) is 0 Å². The Morgan fingerprint density at radius 1 is 1.04 bits per heavy atom. The van der Waals surface area contributed by atoms with Crippen molar-refractivity contribution < 1.29 is 0 Å². The first-order valence-electron chi connectivity index (χ1n) is 8.04. The lowest BCUT2D eigenvalue weighted by atomic mass is 10.1. The Kier molecular flexibility index (Phi) is 4.55. The number of rotatable bonds is 5. The molecule has 3 aromatic rings. The zero-order valence-corrected chi connectivity index (χ0v) is 14.5. The lowest BCUT2D eigenvalue weighted by molar-refractivity contribution is 0.754. The van der Waals surface area contributed by atoms with Crippen LogP contribution in [0.2, 0.25) is 0 Å². The smallest absolute Gasteiger partial charge is 0.229 e. The number of aromatic nitrogens is 4. The molecule has 0 saturated carbocycles. The number of nitrogens with one attached hydrogen (secondary N) is 1. The van der Waals surface area contributed by atoms with Gasteiger partial charge >= 0.3 is 0 Å². The van der Waals surface area contributed by atoms with Gasteiger partial charge in [0.25, 0.3) is 0 Å². The molecule has 6 heteroatoms. The molecule has 0 fully saturated rings. The van der Waals surface area contributed by atoms with Crippen molar-refractivity contribution in [2.45, 2.75) is 26.3 Å². The van der Waals surface area contributed by atoms with Gasteiger partial charge in [-0.25, -0.2) is 0 Å². The molecule has 2 heterocycles. The molecule has 3 rings (SSSR count). The predicted octanol–water partition coefficient (Wildman–Crippen LogP) is 3.22. The fraction of sp³-hybridized carbons (Fsp3) is 0.333. The highest BCUT2D eigenvalue weighted by molar-refractivity contribution is 5.84. The van der Waals surface area contributed by atoms with Gasteiger partial charge in [-0.15, -0.1) is 0 Å². The average molecular weight is 322 g/mol. The third-order valence-corrected chi connectivity index (χ3v) is 3.73. The van der Waals surface area contributed by atoms with Crippen molar-refractivity contribution in [1.82, 2.24) is 19.9 Å². The number of pyridine rings is 1. The lowest BCUT2D eigenvalue weighted by Gasteiger charge is -2.15. The quantitative estimate of drug-likeness (QED) is 0.778. The van der Waals surface area contributed by atoms with Gasteiger partial charge in [-0.05, 0) is 11.5 Å². The summed E-state index contributed by atoms with van der Waals surface area (Å²) in [6, 6.07) is 10.2. The first-order valence-corrected chi connectivity index (χ1v) is 8.04. The van der Waals surface area contributed by atoms with Crippen LogP contribution in [0.3, 0.4) is 0 Å². The van der Waals surface area contributed by atoms with Crippen molar-refractivity contribution in [3.8, 4) is 0 Å². The van der Waals surface area contributed by atoms with E-state index < -0.39 is 0 Å². The molecule has 0 aliphatic rings. The summed E-state index contributed by atoms with van der Waals surface area (Å²) < 4.78 is 0. The van der Waals surface area contributed by atoms with E-state index in [0.717, 1.165) is 16.9 Å². The minimum Gasteiger partial charge on any atom is -0.348 e. The van der Waals surface area contributed by atoms with Crippen molar-refractivity contribution in [1.29, 1.82) is 0 Å². The van der Waals surface area contributed by atoms with E-state index in [1.165, 1.54) is 5.39 Å². The second-order valence-electron chi connectivity index (χ2n) is 6.20. The maximum absolute atomic E-state index is 4.52. The van der Waals surface area contributed by atoms with Crippen LogP contribution in [0.4, 0.5) is 11.9 Å². The van der Waals surface area contributed by atoms with E-state index in [4.69, 9.17) is 0 Å². The molecule has 0 radical (unpaired) electrons. The molecular formula is C18H22N6. The summed E-state index contributed by atoms with van der Waals surface area (Å²) in [7, 11) is 3.85. The van der Waals surface area contributed by atoms with Crippen LogP contribution >= 0.6 is 0 Å². The molecule has 0 unspecified atom stereocenters. The zero-order chi connectivity index (χ0) is 17.1. The largest absolute Gasteiger partial charge is 0.348 e. The van der Waals surface area contributed by atoms with Crippen LogP contribution in [0.1, 0.15) is 31.3 Å². The molecule has 0 amide bonds. The van der Waals surface area contributed by atoms with Crippen LogP contribution < -0.4 is 10.2 Å². The van der Waals surface area contributed by atoms with Crippen LogP contribution in [0.5, 0.6) is 0 Å². The van der Waals surface area contributed by atoms with Crippen LogP contribution in [-0.4, -0.2) is 34.0 Å². The number of benzene rings is 1. The molecule has 124 valence electrons. The van der Waals surface area contributed by atoms with Gasteiger partial charge in [-0.1, -0.05) is 38.1 Å². The third kappa shape index (κ3) is 3.42. The second kappa shape index (κ2) is 6.78. The molecule has 1 aromatic carbocycles. The highest BCUT2D eigenvalue weighted by Crippen LogP contribution is 2.18. The van der Waals surface area contributed by atoms with E-state index in [9.17, 15) is 0 Å². The number of anilines is 2. The molecule has 2 aromatic heterocycles. The lowest BCUT2D eigenvalue weighted by Crippen LogP contribution is -2.17. The average Bonchev–Trinajstić information content (AvgIpc) is 2.59. The molecular weight excluding hydrogens is 300 g/mol. The second-order valence-corrected chi connectivity index (χ2v) is 6.20. The van der Waals surface area contributed by atoms with Crippen molar-refractivity contribution >= 4 is 22.7 Å². The van der Waals surface area contributed by atoms with Gasteiger partial charge in [-0.2, -0.15) is 15.0 Å². The van der Waals surface area contributed by atoms with Crippen LogP contribution in [0.25, 0.3) is 10.8 Å². The van der Waals surface area contributed by atoms with E-state index in [2.05, 4.69) is 51.2 Å². The van der Waals surface area contributed by atoms with E-state index >= 15 is 0 Å². The summed E-state index contributed by atoms with van der Waals surface area (Å²) in [5.41, 5.74) is 0.978. The van der Waals surface area contributed by atoms with Crippen molar-refractivity contribution in [3.63, 3.8) is 0 Å².